The number of thiophene rings is 1. The van der Waals surface area contributed by atoms with E-state index in [-0.39, 0.29) is 16.9 Å². The normalized spacial score (nSPS) is 10.1. The number of thiocarbonyl (C=S) groups is 1. The van der Waals surface area contributed by atoms with Crippen molar-refractivity contribution in [2.75, 3.05) is 10.6 Å². The van der Waals surface area contributed by atoms with Crippen LogP contribution in [-0.4, -0.2) is 16.9 Å². The van der Waals surface area contributed by atoms with Crippen LogP contribution in [0.25, 0.3) is 0 Å². The van der Waals surface area contributed by atoms with Crippen LogP contribution < -0.4 is 16.0 Å². The summed E-state index contributed by atoms with van der Waals surface area (Å²) in [6.45, 7) is 0. The summed E-state index contributed by atoms with van der Waals surface area (Å²) in [4.78, 5) is 24.6. The molecule has 7 heteroatoms. The third kappa shape index (κ3) is 5.73. The third-order valence-electron chi connectivity index (χ3n) is 3.61. The zero-order valence-electron chi connectivity index (χ0n) is 14.3. The van der Waals surface area contributed by atoms with Gasteiger partial charge in [0.15, 0.2) is 5.11 Å². The summed E-state index contributed by atoms with van der Waals surface area (Å²) in [5.41, 5.74) is 2.36. The van der Waals surface area contributed by atoms with Gasteiger partial charge >= 0.3 is 0 Å². The number of nitrogens with one attached hydrogen (secondary N) is 3. The maximum absolute atomic E-state index is 12.1. The fraction of sp³-hybridized carbons (Fsp3) is 0.0500. The molecule has 0 fully saturated rings. The minimum atomic E-state index is -0.243. The summed E-state index contributed by atoms with van der Waals surface area (Å²) < 4.78 is 0. The Morgan fingerprint density at radius 1 is 0.852 bits per heavy atom. The molecule has 0 spiro atoms. The summed E-state index contributed by atoms with van der Waals surface area (Å²) in [5.74, 6) is -0.326. The van der Waals surface area contributed by atoms with Gasteiger partial charge in [0.2, 0.25) is 5.91 Å². The molecule has 0 saturated heterocycles. The molecular weight excluding hydrogens is 378 g/mol. The van der Waals surface area contributed by atoms with Crippen molar-refractivity contribution in [1.29, 1.82) is 0 Å². The molecule has 136 valence electrons. The summed E-state index contributed by atoms with van der Waals surface area (Å²) in [6, 6.07) is 20.2. The van der Waals surface area contributed by atoms with Crippen LogP contribution in [0.5, 0.6) is 0 Å². The van der Waals surface area contributed by atoms with E-state index in [0.717, 1.165) is 5.56 Å². The lowest BCUT2D eigenvalue weighted by atomic mass is 10.1. The summed E-state index contributed by atoms with van der Waals surface area (Å²) in [5, 5.41) is 10.5. The molecule has 3 aromatic rings. The molecule has 3 rings (SSSR count). The third-order valence-corrected chi connectivity index (χ3v) is 4.68. The Bertz CT molecular complexity index is 924. The van der Waals surface area contributed by atoms with Crippen molar-refractivity contribution in [1.82, 2.24) is 5.32 Å². The molecule has 0 unspecified atom stereocenters. The predicted molar refractivity (Wildman–Crippen MR) is 113 cm³/mol. The van der Waals surface area contributed by atoms with Gasteiger partial charge in [0.1, 0.15) is 0 Å². The van der Waals surface area contributed by atoms with Gasteiger partial charge in [-0.3, -0.25) is 14.9 Å². The zero-order valence-corrected chi connectivity index (χ0v) is 15.9. The lowest BCUT2D eigenvalue weighted by Gasteiger charge is -2.10. The highest BCUT2D eigenvalue weighted by atomic mass is 32.1. The van der Waals surface area contributed by atoms with Crippen LogP contribution >= 0.6 is 23.6 Å². The lowest BCUT2D eigenvalue weighted by molar-refractivity contribution is -0.115. The lowest BCUT2D eigenvalue weighted by Crippen LogP contribution is -2.33. The van der Waals surface area contributed by atoms with E-state index < -0.39 is 0 Å². The van der Waals surface area contributed by atoms with Crippen LogP contribution in [-0.2, 0) is 11.2 Å². The molecule has 2 aromatic carbocycles. The average Bonchev–Trinajstić information content (AvgIpc) is 3.19. The first-order chi connectivity index (χ1) is 13.1. The number of hydrogen-bond donors (Lipinski definition) is 3. The van der Waals surface area contributed by atoms with E-state index in [4.69, 9.17) is 12.2 Å². The zero-order chi connectivity index (χ0) is 19.1. The SMILES string of the molecule is O=C(Cc1ccccc1)Nc1ccc(NC(=S)NC(=O)c2cccs2)cc1. The molecule has 5 nitrogen and oxygen atoms in total. The Kier molecular flexibility index (Phi) is 6.30. The van der Waals surface area contributed by atoms with Gasteiger partial charge in [-0.15, -0.1) is 11.3 Å². The van der Waals surface area contributed by atoms with E-state index >= 15 is 0 Å². The molecular formula is C20H17N3O2S2. The van der Waals surface area contributed by atoms with Crippen LogP contribution in [0.15, 0.2) is 72.1 Å². The van der Waals surface area contributed by atoms with Gasteiger partial charge in [-0.25, -0.2) is 0 Å². The molecule has 0 aliphatic heterocycles. The molecule has 0 atom stereocenters. The second-order valence-electron chi connectivity index (χ2n) is 5.67. The number of benzene rings is 2. The summed E-state index contributed by atoms with van der Waals surface area (Å²) >= 11 is 6.50. The van der Waals surface area contributed by atoms with E-state index in [9.17, 15) is 9.59 Å². The molecule has 0 radical (unpaired) electrons. The molecule has 0 aliphatic carbocycles. The van der Waals surface area contributed by atoms with Gasteiger partial charge in [0, 0.05) is 11.4 Å². The first-order valence-corrected chi connectivity index (χ1v) is 9.48. The van der Waals surface area contributed by atoms with Gasteiger partial charge in [0.25, 0.3) is 5.91 Å². The van der Waals surface area contributed by atoms with Crippen LogP contribution in [0.3, 0.4) is 0 Å². The summed E-state index contributed by atoms with van der Waals surface area (Å²) in [6.07, 6.45) is 0.319. The quantitative estimate of drug-likeness (QED) is 0.570. The Labute approximate surface area is 166 Å². The fourth-order valence-electron chi connectivity index (χ4n) is 2.36. The topological polar surface area (TPSA) is 70.2 Å². The van der Waals surface area contributed by atoms with Gasteiger partial charge in [0.05, 0.1) is 11.3 Å². The minimum Gasteiger partial charge on any atom is -0.332 e. The maximum atomic E-state index is 12.1. The van der Waals surface area contributed by atoms with Crippen LogP contribution in [0.2, 0.25) is 0 Å². The number of anilines is 2. The average molecular weight is 396 g/mol. The molecule has 27 heavy (non-hydrogen) atoms. The molecule has 1 aromatic heterocycles. The van der Waals surface area contributed by atoms with Gasteiger partial charge in [-0.2, -0.15) is 0 Å². The highest BCUT2D eigenvalue weighted by Crippen LogP contribution is 2.14. The molecule has 0 bridgehead atoms. The van der Waals surface area contributed by atoms with Gasteiger partial charge < -0.3 is 10.6 Å². The van der Waals surface area contributed by atoms with Crippen LogP contribution in [0, 0.1) is 0 Å². The second-order valence-corrected chi connectivity index (χ2v) is 7.03. The fourth-order valence-corrected chi connectivity index (χ4v) is 3.19. The van der Waals surface area contributed by atoms with Gasteiger partial charge in [-0.05, 0) is 53.5 Å². The number of carbonyl (C=O) groups is 2. The van der Waals surface area contributed by atoms with E-state index in [1.54, 1.807) is 36.4 Å². The number of carbonyl (C=O) groups excluding carboxylic acids is 2. The van der Waals surface area contributed by atoms with Crippen molar-refractivity contribution < 1.29 is 9.59 Å². The van der Waals surface area contributed by atoms with E-state index in [0.29, 0.717) is 22.7 Å². The largest absolute Gasteiger partial charge is 0.332 e. The second kappa shape index (κ2) is 9.07. The minimum absolute atomic E-state index is 0.0827. The van der Waals surface area contributed by atoms with Crippen molar-refractivity contribution in [2.45, 2.75) is 6.42 Å². The number of rotatable bonds is 5. The van der Waals surface area contributed by atoms with Crippen molar-refractivity contribution in [3.63, 3.8) is 0 Å². The van der Waals surface area contributed by atoms with Crippen molar-refractivity contribution in [3.8, 4) is 0 Å². The molecule has 3 N–H and O–H groups in total. The monoisotopic (exact) mass is 395 g/mol. The first kappa shape index (κ1) is 18.8. The van der Waals surface area contributed by atoms with Crippen molar-refractivity contribution in [2.24, 2.45) is 0 Å². The Morgan fingerprint density at radius 2 is 1.52 bits per heavy atom. The molecule has 0 saturated carbocycles. The Hall–Kier alpha value is -3.03. The van der Waals surface area contributed by atoms with Crippen molar-refractivity contribution in [3.05, 3.63) is 82.6 Å². The molecule has 0 aliphatic rings. The smallest absolute Gasteiger partial charge is 0.267 e. The molecule has 1 heterocycles. The van der Waals surface area contributed by atoms with Gasteiger partial charge in [-0.1, -0.05) is 36.4 Å². The maximum Gasteiger partial charge on any atom is 0.267 e. The van der Waals surface area contributed by atoms with E-state index in [1.807, 2.05) is 35.7 Å². The van der Waals surface area contributed by atoms with Crippen LogP contribution in [0.4, 0.5) is 11.4 Å². The Morgan fingerprint density at radius 3 is 2.15 bits per heavy atom. The Balaban J connectivity index is 1.50. The van der Waals surface area contributed by atoms with E-state index in [2.05, 4.69) is 16.0 Å². The predicted octanol–water partition coefficient (Wildman–Crippen LogP) is 4.06. The standard InChI is InChI=1S/C20H17N3O2S2/c24-18(13-14-5-2-1-3-6-14)21-15-8-10-16(11-9-15)22-20(26)23-19(25)17-7-4-12-27-17/h1-12H,13H2,(H,21,24)(H2,22,23,25,26). The highest BCUT2D eigenvalue weighted by Gasteiger charge is 2.09. The number of hydrogen-bond acceptors (Lipinski definition) is 4. The highest BCUT2D eigenvalue weighted by molar-refractivity contribution is 7.80. The first-order valence-electron chi connectivity index (χ1n) is 8.20. The number of amides is 2. The molecule has 2 amide bonds. The van der Waals surface area contributed by atoms with Crippen molar-refractivity contribution >= 4 is 51.9 Å². The van der Waals surface area contributed by atoms with E-state index in [1.165, 1.54) is 11.3 Å². The van der Waals surface area contributed by atoms with Crippen LogP contribution in [0.1, 0.15) is 15.2 Å². The summed E-state index contributed by atoms with van der Waals surface area (Å²) in [7, 11) is 0.